The average Bonchev–Trinajstić information content (AvgIpc) is 4.14. The van der Waals surface area contributed by atoms with Crippen molar-refractivity contribution in [2.75, 3.05) is 0 Å². The second-order valence-corrected chi connectivity index (χ2v) is 24.5. The first-order valence-electron chi connectivity index (χ1n) is 26.1. The molecule has 20 unspecified atom stereocenters. The molecule has 9 nitrogen and oxygen atoms in total. The molecule has 1 N–H and O–H groups in total. The smallest absolute Gasteiger partial charge is 0.401 e. The van der Waals surface area contributed by atoms with Crippen LogP contribution in [0.1, 0.15) is 110 Å². The molecule has 12 aliphatic carbocycles. The topological polar surface area (TPSA) is 175 Å². The minimum Gasteiger partial charge on any atom is -0.549 e. The van der Waals surface area contributed by atoms with E-state index in [0.29, 0.717) is 49.4 Å². The van der Waals surface area contributed by atoms with E-state index in [4.69, 9.17) is 5.11 Å². The Kier molecular flexibility index (Phi) is 15.0. The van der Waals surface area contributed by atoms with Crippen molar-refractivity contribution in [2.45, 2.75) is 146 Å². The lowest BCUT2D eigenvalue weighted by Crippen LogP contribution is -2.58. The number of halogens is 17. The van der Waals surface area contributed by atoms with Crippen molar-refractivity contribution in [3.63, 3.8) is 0 Å². The van der Waals surface area contributed by atoms with Gasteiger partial charge in [0.1, 0.15) is 40.3 Å². The highest BCUT2D eigenvalue weighted by Gasteiger charge is 2.76. The summed E-state index contributed by atoms with van der Waals surface area (Å²) in [6.45, 7) is 1.09. The maximum Gasteiger partial charge on any atom is 0.401 e. The van der Waals surface area contributed by atoms with Crippen molar-refractivity contribution < 1.29 is 119 Å². The molecule has 12 aliphatic rings. The van der Waals surface area contributed by atoms with Crippen LogP contribution in [0.4, 0.5) is 74.6 Å². The van der Waals surface area contributed by atoms with Crippen molar-refractivity contribution in [1.29, 1.82) is 0 Å². The molecule has 12 rings (SSSR count). The van der Waals surface area contributed by atoms with E-state index < -0.39 is 125 Å². The summed E-state index contributed by atoms with van der Waals surface area (Å²) < 4.78 is 215. The first-order chi connectivity index (χ1) is 35.6. The van der Waals surface area contributed by atoms with Crippen LogP contribution < -0.4 is 15.3 Å². The van der Waals surface area contributed by atoms with Gasteiger partial charge in [-0.15, -0.1) is 0 Å². The Morgan fingerprint density at radius 3 is 1.32 bits per heavy atom. The zero-order valence-corrected chi connectivity index (χ0v) is 41.5. The van der Waals surface area contributed by atoms with Crippen LogP contribution in [0.25, 0.3) is 0 Å². The van der Waals surface area contributed by atoms with Gasteiger partial charge in [-0.05, 0) is 185 Å². The molecule has 78 heavy (non-hydrogen) atoms. The van der Waals surface area contributed by atoms with Crippen LogP contribution in [0.5, 0.6) is 0 Å². The summed E-state index contributed by atoms with van der Waals surface area (Å²) in [4.78, 5) is 54.3. The van der Waals surface area contributed by atoms with E-state index in [1.165, 1.54) is 6.08 Å². The normalized spacial score (nSPS) is 43.2. The van der Waals surface area contributed by atoms with E-state index in [0.717, 1.165) is 39.0 Å². The highest BCUT2D eigenvalue weighted by atomic mass is 19.4. The molecular weight excluding hydrogens is 1090 g/mol. The van der Waals surface area contributed by atoms with E-state index >= 15 is 0 Å². The van der Waals surface area contributed by atoms with Gasteiger partial charge < -0.3 is 34.8 Å². The predicted molar refractivity (Wildman–Crippen MR) is 226 cm³/mol. The number of rotatable bonds is 7. The Morgan fingerprint density at radius 1 is 0.487 bits per heavy atom. The summed E-state index contributed by atoms with van der Waals surface area (Å²) in [7, 11) is 0. The number of hydrogen-bond acceptors (Lipinski definition) is 8. The monoisotopic (exact) mass is 1150 g/mol. The SMILES string of the molecule is CC(=O)C1(C(F)(F)F)CC2CCC1C2.O=C(O)CC(F)(F)CC(F)(F)F.O=C([O-])C1(C(F)(F)F)CC2C=CC1C2.O=C([O-])C1(C(F)(F)F)CC2CC1C1C3C=CC(C3)C21.O=C([O-])C1(C(F)(F)F)CC2CC1C1C3CCC(C3)C21. The predicted octanol–water partition coefficient (Wildman–Crippen LogP) is 9.62. The Morgan fingerprint density at radius 2 is 0.962 bits per heavy atom. The van der Waals surface area contributed by atoms with Gasteiger partial charge in [-0.3, -0.25) is 9.59 Å². The number of aliphatic carboxylic acids is 4. The fraction of sp³-hybridized carbons (Fsp3) is 0.827. The third-order valence-electron chi connectivity index (χ3n) is 21.0. The lowest BCUT2D eigenvalue weighted by molar-refractivity contribution is -0.353. The van der Waals surface area contributed by atoms with Crippen molar-refractivity contribution in [3.05, 3.63) is 24.3 Å². The Balaban J connectivity index is 0.000000130. The number of Topliss-reactive ketones (excluding diaryl/α,β-unsaturated/α-hetero) is 1. The van der Waals surface area contributed by atoms with Crippen molar-refractivity contribution in [1.82, 2.24) is 0 Å². The molecule has 26 heteroatoms. The number of hydrogen-bond donors (Lipinski definition) is 1. The van der Waals surface area contributed by atoms with Crippen molar-refractivity contribution >= 4 is 29.7 Å². The van der Waals surface area contributed by atoms with Crippen LogP contribution >= 0.6 is 0 Å². The zero-order chi connectivity index (χ0) is 58.3. The summed E-state index contributed by atoms with van der Waals surface area (Å²) in [6.07, 6.45) is -14.0. The molecule has 0 aromatic carbocycles. The van der Waals surface area contributed by atoms with Crippen molar-refractivity contribution in [2.24, 2.45) is 116 Å². The first-order valence-corrected chi connectivity index (χ1v) is 26.1. The zero-order valence-electron chi connectivity index (χ0n) is 41.5. The number of carboxylic acids is 4. The molecular formula is C52H56F17O9-3. The highest BCUT2D eigenvalue weighted by Crippen LogP contribution is 2.75. The van der Waals surface area contributed by atoms with E-state index in [1.807, 2.05) is 6.08 Å². The van der Waals surface area contributed by atoms with Crippen LogP contribution in [-0.4, -0.2) is 71.6 Å². The minimum absolute atomic E-state index is 0.00275. The van der Waals surface area contributed by atoms with E-state index in [1.54, 1.807) is 6.08 Å². The van der Waals surface area contributed by atoms with Gasteiger partial charge in [0, 0.05) is 0 Å². The summed E-state index contributed by atoms with van der Waals surface area (Å²) in [5.41, 5.74) is -9.76. The van der Waals surface area contributed by atoms with Gasteiger partial charge in [-0.25, -0.2) is 8.78 Å². The Hall–Kier alpha value is -4.16. The van der Waals surface area contributed by atoms with E-state index in [2.05, 4.69) is 6.08 Å². The van der Waals surface area contributed by atoms with Gasteiger partial charge in [0.2, 0.25) is 0 Å². The molecule has 440 valence electrons. The number of carboxylic acid groups (broad SMARTS) is 4. The molecule has 10 fully saturated rings. The Labute approximate surface area is 435 Å². The third kappa shape index (κ3) is 9.50. The van der Waals surface area contributed by atoms with Gasteiger partial charge in [0.15, 0.2) is 0 Å². The van der Waals surface area contributed by atoms with Crippen LogP contribution in [0.15, 0.2) is 24.3 Å². The highest BCUT2D eigenvalue weighted by molar-refractivity contribution is 5.84. The second kappa shape index (κ2) is 19.5. The molecule has 0 spiro atoms. The number of ketones is 1. The Bertz CT molecular complexity index is 2430. The molecule has 12 bridgehead atoms. The fourth-order valence-electron chi connectivity index (χ4n) is 18.5. The number of allylic oxidation sites excluding steroid dienone is 4. The largest absolute Gasteiger partial charge is 0.549 e. The number of fused-ring (bicyclic) bond motifs is 22. The molecule has 0 aliphatic heterocycles. The molecule has 0 aromatic heterocycles. The summed E-state index contributed by atoms with van der Waals surface area (Å²) in [6, 6.07) is 0. The maximum absolute atomic E-state index is 13.4. The standard InChI is InChI=1S/C14H17F3O2.C14H15F3O2.C10H13F3O.C9H9F3O2.C5H5F5O2/c2*15-14(16,17)13(12(18)19)5-8-4-9(13)11-7-2-1-6(3-7)10(8)11;1-6(14)9(10(11,12)13)5-7-2-3-8(9)4-7;10-9(11,12)8(7(13)14)4-5-1-2-6(8)3-5;6-4(7,1-3(11)12)2-5(8,9)10/h6-11H,1-5H2,(H,18,19);1-2,6-11H,3-5H2,(H,18,19);7-8H,2-5H2,1H3;1-2,5-6H,3-4H2,(H,13,14);1-2H2,(H,11,12)/p-3. The molecule has 0 amide bonds. The van der Waals surface area contributed by atoms with Gasteiger partial charge >= 0.3 is 36.9 Å². The molecule has 0 heterocycles. The van der Waals surface area contributed by atoms with Gasteiger partial charge in [0.25, 0.3) is 5.92 Å². The molecule has 20 atom stereocenters. The first kappa shape index (κ1) is 59.9. The molecule has 0 aromatic rings. The maximum atomic E-state index is 13.4. The van der Waals surface area contributed by atoms with Gasteiger partial charge in [0.05, 0.1) is 17.9 Å². The lowest BCUT2D eigenvalue weighted by atomic mass is 9.60. The second-order valence-electron chi connectivity index (χ2n) is 24.5. The summed E-state index contributed by atoms with van der Waals surface area (Å²) >= 11 is 0. The third-order valence-corrected chi connectivity index (χ3v) is 21.0. The molecule has 10 saturated carbocycles. The van der Waals surface area contributed by atoms with Crippen LogP contribution in [0.2, 0.25) is 0 Å². The van der Waals surface area contributed by atoms with E-state index in [-0.39, 0.29) is 79.4 Å². The van der Waals surface area contributed by atoms with Crippen LogP contribution in [-0.2, 0) is 24.0 Å². The van der Waals surface area contributed by atoms with Crippen LogP contribution in [0.3, 0.4) is 0 Å². The number of carbonyl (C=O) groups is 5. The fourth-order valence-corrected chi connectivity index (χ4v) is 18.5. The molecule has 0 radical (unpaired) electrons. The average molecular weight is 1150 g/mol. The number of alkyl halides is 17. The van der Waals surface area contributed by atoms with E-state index in [9.17, 15) is 114 Å². The lowest BCUT2D eigenvalue weighted by Gasteiger charge is -2.47. The quantitative estimate of drug-likeness (QED) is 0.148. The van der Waals surface area contributed by atoms with Crippen LogP contribution in [0, 0.1) is 116 Å². The summed E-state index contributed by atoms with van der Waals surface area (Å²) in [5.74, 6) is -13.7. The summed E-state index contributed by atoms with van der Waals surface area (Å²) in [5, 5.41) is 41.1. The van der Waals surface area contributed by atoms with Gasteiger partial charge in [-0.2, -0.15) is 65.9 Å². The molecule has 0 saturated heterocycles. The minimum atomic E-state index is -5.04. The van der Waals surface area contributed by atoms with Gasteiger partial charge in [-0.1, -0.05) is 30.7 Å². The van der Waals surface area contributed by atoms with Crippen molar-refractivity contribution in [3.8, 4) is 0 Å². The number of carbonyl (C=O) groups excluding carboxylic acids is 4.